The second-order valence-corrected chi connectivity index (χ2v) is 2.13. The Kier molecular flexibility index (Phi) is 1.48. The van der Waals surface area contributed by atoms with Crippen LogP contribution in [-0.4, -0.2) is 25.3 Å². The summed E-state index contributed by atoms with van der Waals surface area (Å²) in [5.74, 6) is 0. The average Bonchev–Trinajstić information content (AvgIpc) is 2.54. The van der Waals surface area contributed by atoms with Crippen LogP contribution in [0.15, 0.2) is 24.3 Å². The highest BCUT2D eigenvalue weighted by atomic mass is 16.3. The first-order valence-corrected chi connectivity index (χ1v) is 3.32. The van der Waals surface area contributed by atoms with E-state index in [1.165, 1.54) is 4.80 Å². The summed E-state index contributed by atoms with van der Waals surface area (Å²) in [6.45, 7) is 0. The van der Waals surface area contributed by atoms with Gasteiger partial charge in [-0.25, -0.2) is 0 Å². The molecule has 1 aromatic carbocycles. The smallest absolute Gasteiger partial charge is 0.353 e. The highest BCUT2D eigenvalue weighted by Gasteiger charge is 2.00. The third kappa shape index (κ3) is 1.12. The Bertz CT molecular complexity index is 370. The predicted octanol–water partition coefficient (Wildman–Crippen LogP) is 0.168. The van der Waals surface area contributed by atoms with Crippen LogP contribution in [0.2, 0.25) is 0 Å². The van der Waals surface area contributed by atoms with E-state index in [0.29, 0.717) is 5.69 Å². The minimum Gasteiger partial charge on any atom is -0.477 e. The minimum atomic E-state index is -0.341. The summed E-state index contributed by atoms with van der Waals surface area (Å²) in [6, 6.07) is 9.70. The fourth-order valence-electron chi connectivity index (χ4n) is 0.817. The Morgan fingerprint density at radius 3 is 2.92 bits per heavy atom. The maximum Gasteiger partial charge on any atom is 0.353 e. The van der Waals surface area contributed by atoms with Crippen molar-refractivity contribution in [1.29, 1.82) is 0 Å². The summed E-state index contributed by atoms with van der Waals surface area (Å²) in [7, 11) is 0. The summed E-state index contributed by atoms with van der Waals surface area (Å²) < 4.78 is 0. The van der Waals surface area contributed by atoms with Crippen molar-refractivity contribution in [1.82, 2.24) is 20.2 Å². The maximum absolute atomic E-state index is 8.79. The second kappa shape index (κ2) is 2.61. The van der Waals surface area contributed by atoms with Crippen molar-refractivity contribution < 1.29 is 5.11 Å². The number of aromatic nitrogens is 4. The van der Waals surface area contributed by atoms with Crippen molar-refractivity contribution in [3.05, 3.63) is 30.3 Å². The van der Waals surface area contributed by atoms with E-state index in [2.05, 4.69) is 21.5 Å². The van der Waals surface area contributed by atoms with Crippen LogP contribution in [-0.2, 0) is 0 Å². The van der Waals surface area contributed by atoms with Crippen LogP contribution in [0.25, 0.3) is 5.69 Å². The van der Waals surface area contributed by atoms with Gasteiger partial charge in [0.25, 0.3) is 0 Å². The molecule has 0 aliphatic carbocycles. The highest BCUT2D eigenvalue weighted by molar-refractivity contribution is 5.26. The van der Waals surface area contributed by atoms with Crippen LogP contribution in [0.4, 0.5) is 0 Å². The average molecular weight is 161 g/mol. The first kappa shape index (κ1) is 6.78. The lowest BCUT2D eigenvalue weighted by Crippen LogP contribution is -1.97. The van der Waals surface area contributed by atoms with Crippen LogP contribution in [0.1, 0.15) is 0 Å². The quantitative estimate of drug-likeness (QED) is 0.647. The van der Waals surface area contributed by atoms with Crippen LogP contribution < -0.4 is 0 Å². The number of tetrazole rings is 1. The minimum absolute atomic E-state index is 0.341. The molecular formula is C7H5N4O. The molecule has 1 radical (unpaired) electrons. The van der Waals surface area contributed by atoms with Crippen molar-refractivity contribution in [2.75, 3.05) is 0 Å². The molecule has 0 saturated heterocycles. The van der Waals surface area contributed by atoms with E-state index in [9.17, 15) is 0 Å². The molecule has 5 nitrogen and oxygen atoms in total. The van der Waals surface area contributed by atoms with Gasteiger partial charge < -0.3 is 5.11 Å². The molecule has 59 valence electrons. The molecule has 1 N–H and O–H groups in total. The summed E-state index contributed by atoms with van der Waals surface area (Å²) in [6.07, 6.45) is 0. The number of nitrogens with zero attached hydrogens (tertiary/aromatic N) is 4. The van der Waals surface area contributed by atoms with E-state index >= 15 is 0 Å². The molecule has 1 aromatic heterocycles. The first-order valence-electron chi connectivity index (χ1n) is 3.32. The van der Waals surface area contributed by atoms with Gasteiger partial charge in [0, 0.05) is 6.07 Å². The van der Waals surface area contributed by atoms with E-state index in [0.717, 1.165) is 0 Å². The van der Waals surface area contributed by atoms with Crippen molar-refractivity contribution in [2.24, 2.45) is 0 Å². The van der Waals surface area contributed by atoms with Gasteiger partial charge in [-0.1, -0.05) is 28.4 Å². The molecular weight excluding hydrogens is 156 g/mol. The number of para-hydroxylation sites is 1. The van der Waals surface area contributed by atoms with Gasteiger partial charge >= 0.3 is 6.01 Å². The van der Waals surface area contributed by atoms with Crippen molar-refractivity contribution in [2.45, 2.75) is 0 Å². The SMILES string of the molecule is Oc1nnn(-c2[c]cccc2)n1. The van der Waals surface area contributed by atoms with Crippen LogP contribution >= 0.6 is 0 Å². The lowest BCUT2D eigenvalue weighted by molar-refractivity contribution is 0.429. The summed E-state index contributed by atoms with van der Waals surface area (Å²) >= 11 is 0. The lowest BCUT2D eigenvalue weighted by Gasteiger charge is -1.93. The zero-order valence-electron chi connectivity index (χ0n) is 6.05. The zero-order chi connectivity index (χ0) is 8.39. The molecule has 0 unspecified atom stereocenters. The molecule has 0 bridgehead atoms. The number of hydrogen-bond donors (Lipinski definition) is 1. The Morgan fingerprint density at radius 2 is 2.33 bits per heavy atom. The summed E-state index contributed by atoms with van der Waals surface area (Å²) in [5.41, 5.74) is 0.644. The molecule has 5 heteroatoms. The molecule has 0 aliphatic rings. The molecule has 0 atom stereocenters. The molecule has 0 saturated carbocycles. The Balaban J connectivity index is 2.45. The standard InChI is InChI=1S/C7H5N4O/c12-7-8-10-11(9-7)6-4-2-1-3-5-6/h1-4H,(H,9,12). The summed E-state index contributed by atoms with van der Waals surface area (Å²) in [5, 5.41) is 19.3. The molecule has 12 heavy (non-hydrogen) atoms. The Labute approximate surface area is 68.3 Å². The van der Waals surface area contributed by atoms with E-state index in [-0.39, 0.29) is 6.01 Å². The summed E-state index contributed by atoms with van der Waals surface area (Å²) in [4.78, 5) is 1.20. The predicted molar refractivity (Wildman–Crippen MR) is 39.7 cm³/mol. The van der Waals surface area contributed by atoms with Crippen LogP contribution in [0.5, 0.6) is 6.01 Å². The molecule has 0 aliphatic heterocycles. The third-order valence-corrected chi connectivity index (χ3v) is 1.31. The van der Waals surface area contributed by atoms with E-state index in [1.54, 1.807) is 12.1 Å². The number of benzene rings is 1. The van der Waals surface area contributed by atoms with Crippen molar-refractivity contribution in [3.8, 4) is 11.7 Å². The monoisotopic (exact) mass is 161 g/mol. The van der Waals surface area contributed by atoms with Gasteiger partial charge in [-0.15, -0.1) is 4.80 Å². The fraction of sp³-hybridized carbons (Fsp3) is 0. The van der Waals surface area contributed by atoms with E-state index < -0.39 is 0 Å². The lowest BCUT2D eigenvalue weighted by atomic mass is 10.3. The first-order chi connectivity index (χ1) is 5.86. The maximum atomic E-state index is 8.79. The van der Waals surface area contributed by atoms with Gasteiger partial charge in [-0.05, 0) is 11.3 Å². The second-order valence-electron chi connectivity index (χ2n) is 2.13. The van der Waals surface area contributed by atoms with Gasteiger partial charge in [-0.3, -0.25) is 0 Å². The highest BCUT2D eigenvalue weighted by Crippen LogP contribution is 2.03. The van der Waals surface area contributed by atoms with Crippen LogP contribution in [0.3, 0.4) is 0 Å². The largest absolute Gasteiger partial charge is 0.477 e. The van der Waals surface area contributed by atoms with Crippen molar-refractivity contribution >= 4 is 0 Å². The van der Waals surface area contributed by atoms with Gasteiger partial charge in [0.05, 0.1) is 5.69 Å². The normalized spacial score (nSPS) is 10.0. The number of aromatic hydroxyl groups is 1. The van der Waals surface area contributed by atoms with Crippen LogP contribution in [0, 0.1) is 6.07 Å². The number of rotatable bonds is 1. The van der Waals surface area contributed by atoms with Gasteiger partial charge in [-0.2, -0.15) is 0 Å². The van der Waals surface area contributed by atoms with Crippen molar-refractivity contribution in [3.63, 3.8) is 0 Å². The van der Waals surface area contributed by atoms with E-state index in [1.807, 2.05) is 12.1 Å². The third-order valence-electron chi connectivity index (χ3n) is 1.31. The topological polar surface area (TPSA) is 63.8 Å². The Morgan fingerprint density at radius 1 is 1.42 bits per heavy atom. The molecule has 2 aromatic rings. The van der Waals surface area contributed by atoms with Gasteiger partial charge in [0.1, 0.15) is 0 Å². The molecule has 1 heterocycles. The Hall–Kier alpha value is -1.91. The van der Waals surface area contributed by atoms with Gasteiger partial charge in [0.2, 0.25) is 0 Å². The molecule has 0 spiro atoms. The number of hydrogen-bond acceptors (Lipinski definition) is 4. The molecule has 0 fully saturated rings. The zero-order valence-corrected chi connectivity index (χ0v) is 6.05. The molecule has 0 amide bonds. The van der Waals surface area contributed by atoms with E-state index in [4.69, 9.17) is 5.11 Å². The fourth-order valence-corrected chi connectivity index (χ4v) is 0.817. The van der Waals surface area contributed by atoms with Gasteiger partial charge in [0.15, 0.2) is 0 Å². The molecule has 2 rings (SSSR count).